The molecule has 0 aromatic carbocycles. The molecule has 2 aliphatic rings. The van der Waals surface area contributed by atoms with Crippen LogP contribution >= 0.6 is 0 Å². The Bertz CT molecular complexity index is 405. The van der Waals surface area contributed by atoms with Gasteiger partial charge in [0, 0.05) is 13.1 Å². The van der Waals surface area contributed by atoms with Crippen molar-refractivity contribution in [2.45, 2.75) is 70.5 Å². The van der Waals surface area contributed by atoms with Crippen molar-refractivity contribution in [3.63, 3.8) is 0 Å². The van der Waals surface area contributed by atoms with Gasteiger partial charge in [0.05, 0.1) is 5.60 Å². The maximum absolute atomic E-state index is 12.2. The number of allylic oxidation sites excluding steroid dienone is 1. The maximum atomic E-state index is 12.2. The van der Waals surface area contributed by atoms with Gasteiger partial charge in [0.1, 0.15) is 5.60 Å². The second kappa shape index (κ2) is 5.64. The van der Waals surface area contributed by atoms with Gasteiger partial charge < -0.3 is 14.7 Å². The second-order valence-electron chi connectivity index (χ2n) is 7.91. The van der Waals surface area contributed by atoms with Gasteiger partial charge in [-0.15, -0.1) is 6.58 Å². The van der Waals surface area contributed by atoms with Crippen molar-refractivity contribution in [1.82, 2.24) is 4.90 Å². The normalized spacial score (nSPS) is 32.7. The lowest BCUT2D eigenvalue weighted by molar-refractivity contribution is -0.154. The minimum atomic E-state index is -0.550. The first kappa shape index (κ1) is 16.3. The van der Waals surface area contributed by atoms with Crippen molar-refractivity contribution in [2.75, 3.05) is 13.1 Å². The van der Waals surface area contributed by atoms with Crippen LogP contribution in [0.15, 0.2) is 12.7 Å². The van der Waals surface area contributed by atoms with E-state index in [0.29, 0.717) is 0 Å². The summed E-state index contributed by atoms with van der Waals surface area (Å²) in [6.07, 6.45) is 6.96. The SMILES string of the molecule is C=CCCC1(O)CC2(CCCN(C(=O)OC(C)(C)C)C2)C1. The van der Waals surface area contributed by atoms with Crippen LogP contribution in [0.5, 0.6) is 0 Å². The van der Waals surface area contributed by atoms with Crippen LogP contribution in [0, 0.1) is 5.41 Å². The van der Waals surface area contributed by atoms with Crippen molar-refractivity contribution in [3.8, 4) is 0 Å². The molecular formula is C17H29NO3. The lowest BCUT2D eigenvalue weighted by Crippen LogP contribution is -2.59. The molecule has 1 spiro atoms. The Balaban J connectivity index is 1.90. The van der Waals surface area contributed by atoms with E-state index in [1.165, 1.54) is 0 Å². The molecule has 4 heteroatoms. The summed E-state index contributed by atoms with van der Waals surface area (Å²) in [6, 6.07) is 0. The summed E-state index contributed by atoms with van der Waals surface area (Å²) in [4.78, 5) is 14.0. The number of nitrogens with zero attached hydrogens (tertiary/aromatic N) is 1. The molecule has 0 aromatic heterocycles. The van der Waals surface area contributed by atoms with E-state index < -0.39 is 11.2 Å². The molecule has 2 rings (SSSR count). The Kier molecular flexibility index (Phi) is 4.39. The minimum Gasteiger partial charge on any atom is -0.444 e. The maximum Gasteiger partial charge on any atom is 0.410 e. The fourth-order valence-corrected chi connectivity index (χ4v) is 3.87. The van der Waals surface area contributed by atoms with Gasteiger partial charge in [-0.1, -0.05) is 6.08 Å². The molecule has 120 valence electrons. The molecule has 0 aromatic rings. The summed E-state index contributed by atoms with van der Waals surface area (Å²) < 4.78 is 5.47. The average molecular weight is 295 g/mol. The Morgan fingerprint density at radius 1 is 1.43 bits per heavy atom. The van der Waals surface area contributed by atoms with Crippen LogP contribution in [0.2, 0.25) is 0 Å². The predicted molar refractivity (Wildman–Crippen MR) is 83.1 cm³/mol. The van der Waals surface area contributed by atoms with Gasteiger partial charge in [-0.2, -0.15) is 0 Å². The molecule has 1 aliphatic heterocycles. The summed E-state index contributed by atoms with van der Waals surface area (Å²) >= 11 is 0. The molecule has 0 bridgehead atoms. The summed E-state index contributed by atoms with van der Waals surface area (Å²) in [5, 5.41) is 10.5. The molecule has 1 aliphatic carbocycles. The smallest absolute Gasteiger partial charge is 0.410 e. The van der Waals surface area contributed by atoms with Gasteiger partial charge >= 0.3 is 6.09 Å². The van der Waals surface area contributed by atoms with E-state index in [9.17, 15) is 9.90 Å². The molecule has 1 heterocycles. The fraction of sp³-hybridized carbons (Fsp3) is 0.824. The minimum absolute atomic E-state index is 0.102. The highest BCUT2D eigenvalue weighted by molar-refractivity contribution is 5.68. The van der Waals surface area contributed by atoms with Gasteiger partial charge in [-0.25, -0.2) is 4.79 Å². The van der Waals surface area contributed by atoms with Gasteiger partial charge in [0.25, 0.3) is 0 Å². The monoisotopic (exact) mass is 295 g/mol. The second-order valence-corrected chi connectivity index (χ2v) is 7.91. The summed E-state index contributed by atoms with van der Waals surface area (Å²) in [7, 11) is 0. The molecule has 0 atom stereocenters. The van der Waals surface area contributed by atoms with Crippen LogP contribution < -0.4 is 0 Å². The van der Waals surface area contributed by atoms with Crippen LogP contribution in [0.4, 0.5) is 4.79 Å². The number of hydrogen-bond donors (Lipinski definition) is 1. The zero-order valence-electron chi connectivity index (χ0n) is 13.7. The number of hydrogen-bond acceptors (Lipinski definition) is 3. The van der Waals surface area contributed by atoms with E-state index in [2.05, 4.69) is 6.58 Å². The van der Waals surface area contributed by atoms with Crippen LogP contribution in [-0.4, -0.2) is 40.4 Å². The number of likely N-dealkylation sites (tertiary alicyclic amines) is 1. The van der Waals surface area contributed by atoms with E-state index in [0.717, 1.165) is 51.6 Å². The number of ether oxygens (including phenoxy) is 1. The van der Waals surface area contributed by atoms with Gasteiger partial charge in [0.2, 0.25) is 0 Å². The van der Waals surface area contributed by atoms with Crippen LogP contribution in [0.25, 0.3) is 0 Å². The third-order valence-electron chi connectivity index (χ3n) is 4.54. The Hall–Kier alpha value is -1.03. The van der Waals surface area contributed by atoms with E-state index in [1.807, 2.05) is 31.7 Å². The highest BCUT2D eigenvalue weighted by Gasteiger charge is 2.55. The molecule has 0 radical (unpaired) electrons. The van der Waals surface area contributed by atoms with E-state index in [1.54, 1.807) is 0 Å². The number of piperidine rings is 1. The zero-order chi connectivity index (χ0) is 15.7. The predicted octanol–water partition coefficient (Wildman–Crippen LogP) is 3.49. The summed E-state index contributed by atoms with van der Waals surface area (Å²) in [5.74, 6) is 0. The summed E-state index contributed by atoms with van der Waals surface area (Å²) in [6.45, 7) is 10.9. The zero-order valence-corrected chi connectivity index (χ0v) is 13.7. The highest BCUT2D eigenvalue weighted by atomic mass is 16.6. The Morgan fingerprint density at radius 2 is 2.10 bits per heavy atom. The van der Waals surface area contributed by atoms with Crippen molar-refractivity contribution >= 4 is 6.09 Å². The number of aliphatic hydroxyl groups is 1. The van der Waals surface area contributed by atoms with Crippen molar-refractivity contribution in [3.05, 3.63) is 12.7 Å². The van der Waals surface area contributed by atoms with Crippen molar-refractivity contribution < 1.29 is 14.6 Å². The number of carbonyl (C=O) groups is 1. The molecule has 1 N–H and O–H groups in total. The van der Waals surface area contributed by atoms with Gasteiger partial charge in [0.15, 0.2) is 0 Å². The van der Waals surface area contributed by atoms with Crippen molar-refractivity contribution in [2.24, 2.45) is 5.41 Å². The highest BCUT2D eigenvalue weighted by Crippen LogP contribution is 2.55. The first-order valence-corrected chi connectivity index (χ1v) is 7.98. The van der Waals surface area contributed by atoms with Gasteiger partial charge in [-0.3, -0.25) is 0 Å². The third-order valence-corrected chi connectivity index (χ3v) is 4.54. The molecule has 1 saturated carbocycles. The molecule has 4 nitrogen and oxygen atoms in total. The van der Waals surface area contributed by atoms with Crippen LogP contribution in [-0.2, 0) is 4.74 Å². The third kappa shape index (κ3) is 4.00. The summed E-state index contributed by atoms with van der Waals surface area (Å²) in [5.41, 5.74) is -0.901. The molecule has 2 fully saturated rings. The molecule has 1 amide bonds. The topological polar surface area (TPSA) is 49.8 Å². The standard InChI is InChI=1S/C17H29NO3/c1-5-6-9-17(20)11-16(12-17)8-7-10-18(13-16)14(19)21-15(2,3)4/h5,20H,1,6-13H2,2-4H3. The molecule has 1 saturated heterocycles. The van der Waals surface area contributed by atoms with Crippen LogP contribution in [0.3, 0.4) is 0 Å². The van der Waals surface area contributed by atoms with E-state index in [4.69, 9.17) is 4.74 Å². The number of rotatable bonds is 3. The number of amides is 1. The molecular weight excluding hydrogens is 266 g/mol. The lowest BCUT2D eigenvalue weighted by Gasteiger charge is -2.57. The van der Waals surface area contributed by atoms with Crippen LogP contribution in [0.1, 0.15) is 59.3 Å². The van der Waals surface area contributed by atoms with E-state index >= 15 is 0 Å². The lowest BCUT2D eigenvalue weighted by atomic mass is 9.55. The van der Waals surface area contributed by atoms with Gasteiger partial charge in [-0.05, 0) is 64.7 Å². The largest absolute Gasteiger partial charge is 0.444 e. The number of carbonyl (C=O) groups excluding carboxylic acids is 1. The van der Waals surface area contributed by atoms with Crippen molar-refractivity contribution in [1.29, 1.82) is 0 Å². The Labute approximate surface area is 128 Å². The quantitative estimate of drug-likeness (QED) is 0.811. The first-order chi connectivity index (χ1) is 9.67. The molecule has 0 unspecified atom stereocenters. The average Bonchev–Trinajstić information content (AvgIpc) is 2.33. The Morgan fingerprint density at radius 3 is 2.67 bits per heavy atom. The fourth-order valence-electron chi connectivity index (χ4n) is 3.87. The molecule has 21 heavy (non-hydrogen) atoms. The van der Waals surface area contributed by atoms with E-state index in [-0.39, 0.29) is 11.5 Å². The first-order valence-electron chi connectivity index (χ1n) is 7.98.